The van der Waals surface area contributed by atoms with Crippen LogP contribution in [0.3, 0.4) is 0 Å². The molecule has 0 aliphatic heterocycles. The molecule has 0 spiro atoms. The number of nitroso groups, excluding NO2 is 1. The van der Waals surface area contributed by atoms with Gasteiger partial charge in [-0.25, -0.2) is 0 Å². The number of carbonyl (C=O) groups is 1. The maximum atomic E-state index is 12.9. The minimum atomic E-state index is -4.38. The van der Waals surface area contributed by atoms with Gasteiger partial charge in [0.1, 0.15) is 17.6 Å². The number of hydrogen-bond acceptors (Lipinski definition) is 4. The minimum Gasteiger partial charge on any atom is -0.486 e. The molecule has 1 unspecified atom stereocenters. The zero-order chi connectivity index (χ0) is 25.4. The Balaban J connectivity index is 1.81. The smallest absolute Gasteiger partial charge is 0.416 e. The van der Waals surface area contributed by atoms with E-state index in [2.05, 4.69) is 12.1 Å². The molecule has 3 aromatic rings. The highest BCUT2D eigenvalue weighted by Crippen LogP contribution is 2.34. The van der Waals surface area contributed by atoms with Gasteiger partial charge in [-0.05, 0) is 78.4 Å². The van der Waals surface area contributed by atoms with Gasteiger partial charge in [0, 0.05) is 5.18 Å². The molecule has 1 atom stereocenters. The normalized spacial score (nSPS) is 12.1. The van der Waals surface area contributed by atoms with E-state index >= 15 is 0 Å². The molecule has 0 saturated carbocycles. The quantitative estimate of drug-likeness (QED) is 0.277. The Morgan fingerprint density at radius 1 is 1.00 bits per heavy atom. The predicted molar refractivity (Wildman–Crippen MR) is 127 cm³/mol. The van der Waals surface area contributed by atoms with Crippen molar-refractivity contribution in [2.45, 2.75) is 45.4 Å². The summed E-state index contributed by atoms with van der Waals surface area (Å²) < 4.78 is 50.4. The second kappa shape index (κ2) is 11.6. The van der Waals surface area contributed by atoms with Crippen molar-refractivity contribution >= 4 is 5.91 Å². The summed E-state index contributed by atoms with van der Waals surface area (Å²) in [6.45, 7) is 3.45. The molecule has 0 saturated heterocycles. The second-order valence-electron chi connectivity index (χ2n) is 8.15. The molecule has 0 bridgehead atoms. The van der Waals surface area contributed by atoms with Crippen molar-refractivity contribution in [1.29, 1.82) is 0 Å². The van der Waals surface area contributed by atoms with Gasteiger partial charge in [-0.3, -0.25) is 4.79 Å². The fraction of sp³-hybridized carbons (Fsp3) is 0.296. The predicted octanol–water partition coefficient (Wildman–Crippen LogP) is 7.66. The van der Waals surface area contributed by atoms with Crippen LogP contribution in [0.5, 0.6) is 11.5 Å². The Morgan fingerprint density at radius 2 is 1.74 bits per heavy atom. The summed E-state index contributed by atoms with van der Waals surface area (Å²) >= 11 is 0. The molecule has 3 aromatic carbocycles. The lowest BCUT2D eigenvalue weighted by Gasteiger charge is -2.21. The number of carbonyl (C=O) groups excluding carboxylic acids is 1. The Labute approximate surface area is 201 Å². The first-order valence-corrected chi connectivity index (χ1v) is 11.2. The molecule has 0 radical (unpaired) electrons. The SMILES string of the molecule is CCCCC(Oc1ccc(OCC(=O)N=O)c(C)c1)c1cccc(-c2ccc(C(F)(F)F)cc2)c1. The van der Waals surface area contributed by atoms with Crippen molar-refractivity contribution in [3.05, 3.63) is 88.3 Å². The van der Waals surface area contributed by atoms with Gasteiger partial charge in [-0.1, -0.05) is 43.7 Å². The van der Waals surface area contributed by atoms with Crippen LogP contribution in [0.1, 0.15) is 49.0 Å². The van der Waals surface area contributed by atoms with Crippen molar-refractivity contribution < 1.29 is 27.4 Å². The van der Waals surface area contributed by atoms with Crippen LogP contribution >= 0.6 is 0 Å². The molecule has 0 aromatic heterocycles. The maximum absolute atomic E-state index is 12.9. The highest BCUT2D eigenvalue weighted by molar-refractivity contribution is 5.78. The van der Waals surface area contributed by atoms with Gasteiger partial charge in [-0.15, -0.1) is 4.91 Å². The molecule has 0 aliphatic rings. The number of unbranched alkanes of at least 4 members (excludes halogenated alkanes) is 1. The van der Waals surface area contributed by atoms with E-state index in [1.165, 1.54) is 12.1 Å². The van der Waals surface area contributed by atoms with Crippen LogP contribution in [0.15, 0.2) is 71.9 Å². The summed E-state index contributed by atoms with van der Waals surface area (Å²) in [5, 5.41) is 2.31. The van der Waals surface area contributed by atoms with Crippen molar-refractivity contribution in [2.75, 3.05) is 6.61 Å². The molecule has 3 rings (SSSR count). The summed E-state index contributed by atoms with van der Waals surface area (Å²) in [6.07, 6.45) is -1.99. The molecular weight excluding hydrogens is 459 g/mol. The van der Waals surface area contributed by atoms with E-state index in [9.17, 15) is 22.9 Å². The first-order valence-electron chi connectivity index (χ1n) is 11.2. The summed E-state index contributed by atoms with van der Waals surface area (Å²) in [6, 6.07) is 17.9. The van der Waals surface area contributed by atoms with E-state index in [0.717, 1.165) is 48.1 Å². The number of ether oxygens (including phenoxy) is 2. The number of nitrogens with zero attached hydrogens (tertiary/aromatic N) is 1. The second-order valence-corrected chi connectivity index (χ2v) is 8.15. The van der Waals surface area contributed by atoms with Gasteiger partial charge in [-0.2, -0.15) is 13.2 Å². The van der Waals surface area contributed by atoms with E-state index in [1.807, 2.05) is 24.3 Å². The Morgan fingerprint density at radius 3 is 2.37 bits per heavy atom. The first kappa shape index (κ1) is 25.9. The fourth-order valence-corrected chi connectivity index (χ4v) is 3.64. The third-order valence-electron chi connectivity index (χ3n) is 5.50. The number of halogens is 3. The van der Waals surface area contributed by atoms with E-state index < -0.39 is 24.3 Å². The molecular formula is C27H26F3NO4. The number of hydrogen-bond donors (Lipinski definition) is 0. The summed E-state index contributed by atoms with van der Waals surface area (Å²) in [5.41, 5.74) is 2.45. The van der Waals surface area contributed by atoms with Crippen LogP contribution in [0.4, 0.5) is 13.2 Å². The van der Waals surface area contributed by atoms with Crippen LogP contribution in [0.25, 0.3) is 11.1 Å². The van der Waals surface area contributed by atoms with Gasteiger partial charge in [0.2, 0.25) is 0 Å². The zero-order valence-electron chi connectivity index (χ0n) is 19.5. The lowest BCUT2D eigenvalue weighted by molar-refractivity contribution is -0.137. The number of aryl methyl sites for hydroxylation is 1. The molecule has 0 fully saturated rings. The average Bonchev–Trinajstić information content (AvgIpc) is 2.85. The molecule has 0 heterocycles. The lowest BCUT2D eigenvalue weighted by atomic mass is 9.97. The van der Waals surface area contributed by atoms with Crippen LogP contribution in [-0.4, -0.2) is 12.5 Å². The number of benzene rings is 3. The van der Waals surface area contributed by atoms with Crippen molar-refractivity contribution in [1.82, 2.24) is 0 Å². The van der Waals surface area contributed by atoms with Crippen LogP contribution in [0, 0.1) is 11.8 Å². The highest BCUT2D eigenvalue weighted by Gasteiger charge is 2.30. The van der Waals surface area contributed by atoms with E-state index in [0.29, 0.717) is 17.1 Å². The number of alkyl halides is 3. The van der Waals surface area contributed by atoms with Gasteiger partial charge in [0.25, 0.3) is 0 Å². The molecule has 8 heteroatoms. The molecule has 0 N–H and O–H groups in total. The zero-order valence-corrected chi connectivity index (χ0v) is 19.5. The number of amides is 1. The summed E-state index contributed by atoms with van der Waals surface area (Å²) in [4.78, 5) is 21.3. The van der Waals surface area contributed by atoms with Crippen LogP contribution in [0.2, 0.25) is 0 Å². The summed E-state index contributed by atoms with van der Waals surface area (Å²) in [5.74, 6) is 0.164. The Hall–Kier alpha value is -3.68. The monoisotopic (exact) mass is 485 g/mol. The van der Waals surface area contributed by atoms with Crippen molar-refractivity contribution in [3.63, 3.8) is 0 Å². The Kier molecular flexibility index (Phi) is 8.63. The standard InChI is InChI=1S/C27H26F3NO4/c1-3-4-8-25(35-23-13-14-24(18(2)15-23)34-17-26(32)31-33)21-7-5-6-20(16-21)19-9-11-22(12-10-19)27(28,29)30/h5-7,9-16,25H,3-4,8,17H2,1-2H3. The summed E-state index contributed by atoms with van der Waals surface area (Å²) in [7, 11) is 0. The third-order valence-corrected chi connectivity index (χ3v) is 5.50. The van der Waals surface area contributed by atoms with Gasteiger partial charge < -0.3 is 9.47 Å². The third kappa shape index (κ3) is 7.15. The van der Waals surface area contributed by atoms with Crippen LogP contribution < -0.4 is 9.47 Å². The Bertz CT molecular complexity index is 1160. The molecule has 5 nitrogen and oxygen atoms in total. The number of rotatable bonds is 10. The molecule has 1 amide bonds. The molecule has 184 valence electrons. The lowest BCUT2D eigenvalue weighted by Crippen LogP contribution is -2.10. The molecule has 35 heavy (non-hydrogen) atoms. The van der Waals surface area contributed by atoms with Crippen LogP contribution in [-0.2, 0) is 11.0 Å². The minimum absolute atomic E-state index is 0.267. The highest BCUT2D eigenvalue weighted by atomic mass is 19.4. The van der Waals surface area contributed by atoms with Crippen molar-refractivity contribution in [2.24, 2.45) is 5.18 Å². The van der Waals surface area contributed by atoms with Gasteiger partial charge in [0.05, 0.1) is 5.56 Å². The van der Waals surface area contributed by atoms with E-state index in [1.54, 1.807) is 25.1 Å². The molecule has 0 aliphatic carbocycles. The van der Waals surface area contributed by atoms with E-state index in [4.69, 9.17) is 9.47 Å². The van der Waals surface area contributed by atoms with E-state index in [-0.39, 0.29) is 6.10 Å². The first-order chi connectivity index (χ1) is 16.7. The van der Waals surface area contributed by atoms with Gasteiger partial charge in [0.15, 0.2) is 6.61 Å². The van der Waals surface area contributed by atoms with Gasteiger partial charge >= 0.3 is 12.1 Å². The van der Waals surface area contributed by atoms with Crippen molar-refractivity contribution in [3.8, 4) is 22.6 Å². The maximum Gasteiger partial charge on any atom is 0.416 e. The topological polar surface area (TPSA) is 65.0 Å². The average molecular weight is 486 g/mol. The fourth-order valence-electron chi connectivity index (χ4n) is 3.64. The largest absolute Gasteiger partial charge is 0.486 e.